The van der Waals surface area contributed by atoms with Gasteiger partial charge in [-0.2, -0.15) is 0 Å². The van der Waals surface area contributed by atoms with Gasteiger partial charge >= 0.3 is 0 Å². The number of nitrogens with zero attached hydrogens (tertiary/aromatic N) is 4. The van der Waals surface area contributed by atoms with Crippen LogP contribution in [0.5, 0.6) is 0 Å². The van der Waals surface area contributed by atoms with E-state index >= 15 is 0 Å². The van der Waals surface area contributed by atoms with Crippen molar-refractivity contribution < 1.29 is 47.8 Å². The van der Waals surface area contributed by atoms with E-state index < -0.39 is 54.1 Å². The van der Waals surface area contributed by atoms with Crippen molar-refractivity contribution in [3.8, 4) is 0 Å². The molecule has 1 aromatic carbocycles. The second-order valence-corrected chi connectivity index (χ2v) is 20.3. The number of likely N-dealkylation sites (N-methyl/N-ethyl adjacent to an activating group) is 2. The number of carbonyl (C=O) groups excluding carboxylic acids is 8. The number of fused-ring (bicyclic) bond motifs is 2. The van der Waals surface area contributed by atoms with E-state index in [0.717, 1.165) is 31.2 Å². The molecule has 0 radical (unpaired) electrons. The van der Waals surface area contributed by atoms with Crippen molar-refractivity contribution in [3.05, 3.63) is 42.0 Å². The predicted octanol–water partition coefficient (Wildman–Crippen LogP) is 3.78. The first kappa shape index (κ1) is 55.7. The van der Waals surface area contributed by atoms with Gasteiger partial charge in [0.25, 0.3) is 11.8 Å². The third-order valence-electron chi connectivity index (χ3n) is 15.3. The zero-order valence-electron chi connectivity index (χ0n) is 43.2. The lowest BCUT2D eigenvalue weighted by Gasteiger charge is -2.41. The van der Waals surface area contributed by atoms with Crippen LogP contribution in [0.3, 0.4) is 0 Å². The average Bonchev–Trinajstić information content (AvgIpc) is 4.15. The predicted molar refractivity (Wildman–Crippen MR) is 264 cm³/mol. The van der Waals surface area contributed by atoms with Gasteiger partial charge in [0.1, 0.15) is 12.1 Å². The molecule has 1 aliphatic carbocycles. The molecule has 0 unspecified atom stereocenters. The highest BCUT2D eigenvalue weighted by atomic mass is 16.5. The van der Waals surface area contributed by atoms with E-state index in [4.69, 9.17) is 9.47 Å². The summed E-state index contributed by atoms with van der Waals surface area (Å²) < 4.78 is 12.0. The summed E-state index contributed by atoms with van der Waals surface area (Å²) in [6.45, 7) is 12.4. The van der Waals surface area contributed by atoms with E-state index in [1.807, 2.05) is 34.7 Å². The fourth-order valence-electron chi connectivity index (χ4n) is 10.9. The summed E-state index contributed by atoms with van der Waals surface area (Å²) in [5.74, 6) is -2.72. The van der Waals surface area contributed by atoms with Gasteiger partial charge in [0.05, 0.1) is 42.7 Å². The number of ether oxygens (including phenoxy) is 2. The zero-order valence-corrected chi connectivity index (χ0v) is 43.2. The number of amides is 8. The molecule has 8 amide bonds. The van der Waals surface area contributed by atoms with Gasteiger partial charge in [-0.25, -0.2) is 0 Å². The fourth-order valence-corrected chi connectivity index (χ4v) is 10.9. The second kappa shape index (κ2) is 25.8. The van der Waals surface area contributed by atoms with Crippen molar-refractivity contribution in [2.75, 3.05) is 46.7 Å². The minimum atomic E-state index is -0.900. The minimum Gasteiger partial charge on any atom is -0.379 e. The molecule has 2 saturated heterocycles. The normalized spacial score (nSPS) is 22.9. The minimum absolute atomic E-state index is 0.00715. The Balaban J connectivity index is 1.10. The summed E-state index contributed by atoms with van der Waals surface area (Å²) in [6.07, 6.45) is 8.62. The Hall–Kier alpha value is -5.20. The molecule has 4 aliphatic rings. The number of nitrogens with one attached hydrogen (secondary N) is 4. The van der Waals surface area contributed by atoms with Crippen LogP contribution in [0.4, 0.5) is 5.69 Å². The van der Waals surface area contributed by atoms with Gasteiger partial charge < -0.3 is 40.5 Å². The number of hydrogen-bond acceptors (Lipinski definition) is 11. The number of anilines is 1. The maximum atomic E-state index is 14.4. The number of rotatable bonds is 26. The van der Waals surface area contributed by atoms with Gasteiger partial charge in [-0.3, -0.25) is 48.2 Å². The van der Waals surface area contributed by atoms with Crippen LogP contribution < -0.4 is 21.3 Å². The van der Waals surface area contributed by atoms with Crippen LogP contribution in [0, 0.1) is 23.7 Å². The van der Waals surface area contributed by atoms with Gasteiger partial charge in [-0.15, -0.1) is 0 Å². The number of methoxy groups -OCH3 is 2. The first-order valence-corrected chi connectivity index (χ1v) is 25.5. The van der Waals surface area contributed by atoms with Gasteiger partial charge in [0.2, 0.25) is 35.4 Å². The lowest BCUT2D eigenvalue weighted by atomic mass is 9.89. The quantitative estimate of drug-likeness (QED) is 0.0775. The molecule has 11 atom stereocenters. The smallest absolute Gasteiger partial charge is 0.253 e. The van der Waals surface area contributed by atoms with Crippen molar-refractivity contribution in [3.63, 3.8) is 0 Å². The highest BCUT2D eigenvalue weighted by molar-refractivity contribution is 6.12. The summed E-state index contributed by atoms with van der Waals surface area (Å²) in [4.78, 5) is 112. The zero-order chi connectivity index (χ0) is 51.4. The molecule has 1 saturated carbocycles. The van der Waals surface area contributed by atoms with Crippen molar-refractivity contribution in [2.45, 2.75) is 167 Å². The maximum Gasteiger partial charge on any atom is 0.253 e. The molecule has 3 heterocycles. The van der Waals surface area contributed by atoms with Crippen LogP contribution in [0.1, 0.15) is 118 Å². The van der Waals surface area contributed by atoms with Crippen LogP contribution in [0.15, 0.2) is 36.4 Å². The molecule has 2 bridgehead atoms. The van der Waals surface area contributed by atoms with E-state index in [1.54, 1.807) is 62.1 Å². The average molecular weight is 977 g/mol. The SMILES string of the molecule is CC[C@H](C)[C@@H]([C@@H](CC(=O)N1CCC[C@H]1[C@H](OC)[C@@H](C)C(=O)N[C@@H](C)C(=O)Nc1ccc(CNC(=O)CCCCCN2C(=O)C=CC2=O)cc1)OC)N(C)C(=O)[C@@H](NC(=O)[C@@H]1[C@H]2CC[C@H](C2)N1C)C(C)C. The summed E-state index contributed by atoms with van der Waals surface area (Å²) in [5, 5.41) is 11.7. The number of piperidine rings is 1. The summed E-state index contributed by atoms with van der Waals surface area (Å²) in [7, 11) is 6.81. The number of unbranched alkanes of at least 4 members (excludes halogenated alkanes) is 2. The summed E-state index contributed by atoms with van der Waals surface area (Å²) >= 11 is 0. The Morgan fingerprint density at radius 1 is 0.857 bits per heavy atom. The number of hydrogen-bond donors (Lipinski definition) is 4. The molecule has 3 aliphatic heterocycles. The molecule has 4 N–H and O–H groups in total. The van der Waals surface area contributed by atoms with E-state index in [9.17, 15) is 38.4 Å². The van der Waals surface area contributed by atoms with E-state index in [2.05, 4.69) is 26.2 Å². The van der Waals surface area contributed by atoms with E-state index in [1.165, 1.54) is 24.2 Å². The Kier molecular flexibility index (Phi) is 20.5. The third-order valence-corrected chi connectivity index (χ3v) is 15.3. The standard InChI is InChI=1S/C52H80N8O10/c1-11-32(4)46(58(8)52(68)45(31(2)3)56-51(67)47-36-20-23-38(28-36)57(47)7)40(69-9)29-44(64)59-27-15-16-39(59)48(70-10)33(5)49(65)54-34(6)50(66)55-37-21-18-35(19-22-37)30-53-41(61)17-13-12-14-26-60-42(62)24-25-43(60)63/h18-19,21-22,24-25,31-34,36,38-40,45-48H,11-17,20,23,26-30H2,1-10H3,(H,53,61)(H,54,65)(H,55,66)(H,56,67)/t32-,33+,34-,36-,38+,39-,40+,45-,46-,47-,48+/m0/s1. The molecule has 3 fully saturated rings. The largest absolute Gasteiger partial charge is 0.379 e. The van der Waals surface area contributed by atoms with Gasteiger partial charge in [0.15, 0.2) is 0 Å². The van der Waals surface area contributed by atoms with Crippen molar-refractivity contribution in [1.29, 1.82) is 0 Å². The molecule has 0 spiro atoms. The Labute approximate surface area is 414 Å². The molecular weight excluding hydrogens is 897 g/mol. The van der Waals surface area contributed by atoms with Crippen molar-refractivity contribution in [2.24, 2.45) is 23.7 Å². The molecule has 1 aromatic rings. The van der Waals surface area contributed by atoms with E-state index in [-0.39, 0.29) is 59.7 Å². The first-order valence-electron chi connectivity index (χ1n) is 25.5. The van der Waals surface area contributed by atoms with Gasteiger partial charge in [-0.1, -0.05) is 59.6 Å². The number of likely N-dealkylation sites (tertiary alicyclic amines) is 2. The molecule has 18 nitrogen and oxygen atoms in total. The topological polar surface area (TPSA) is 216 Å². The van der Waals surface area contributed by atoms with Crippen molar-refractivity contribution in [1.82, 2.24) is 35.6 Å². The fraction of sp³-hybridized carbons (Fsp3) is 0.692. The van der Waals surface area contributed by atoms with Crippen LogP contribution >= 0.6 is 0 Å². The molecular formula is C52H80N8O10. The highest BCUT2D eigenvalue weighted by Gasteiger charge is 2.49. The number of imide groups is 1. The third kappa shape index (κ3) is 13.8. The Morgan fingerprint density at radius 2 is 1.54 bits per heavy atom. The highest BCUT2D eigenvalue weighted by Crippen LogP contribution is 2.41. The second-order valence-electron chi connectivity index (χ2n) is 20.3. The molecule has 0 aromatic heterocycles. The summed E-state index contributed by atoms with van der Waals surface area (Å²) in [6, 6.07) is 4.63. The van der Waals surface area contributed by atoms with Crippen LogP contribution in [-0.4, -0.2) is 157 Å². The van der Waals surface area contributed by atoms with Crippen LogP contribution in [0.25, 0.3) is 0 Å². The van der Waals surface area contributed by atoms with Gasteiger partial charge in [0, 0.05) is 71.2 Å². The number of benzene rings is 1. The number of carbonyl (C=O) groups is 8. The monoisotopic (exact) mass is 977 g/mol. The Bertz CT molecular complexity index is 2030. The molecule has 5 rings (SSSR count). The van der Waals surface area contributed by atoms with Gasteiger partial charge in [-0.05, 0) is 94.4 Å². The van der Waals surface area contributed by atoms with Crippen LogP contribution in [-0.2, 0) is 54.4 Å². The maximum absolute atomic E-state index is 14.4. The lowest BCUT2D eigenvalue weighted by Crippen LogP contribution is -2.60. The lowest BCUT2D eigenvalue weighted by molar-refractivity contribution is -0.148. The first-order chi connectivity index (χ1) is 33.3. The Morgan fingerprint density at radius 3 is 2.14 bits per heavy atom. The molecule has 70 heavy (non-hydrogen) atoms. The summed E-state index contributed by atoms with van der Waals surface area (Å²) in [5.41, 5.74) is 1.34. The molecule has 18 heteroatoms. The van der Waals surface area contributed by atoms with Crippen molar-refractivity contribution >= 4 is 52.9 Å². The van der Waals surface area contributed by atoms with Crippen LogP contribution in [0.2, 0.25) is 0 Å². The molecule has 388 valence electrons. The van der Waals surface area contributed by atoms with E-state index in [0.29, 0.717) is 75.8 Å².